The minimum absolute atomic E-state index is 0.0468. The van der Waals surface area contributed by atoms with E-state index >= 15 is 0 Å². The fourth-order valence-electron chi connectivity index (χ4n) is 4.13. The van der Waals surface area contributed by atoms with Gasteiger partial charge in [-0.15, -0.1) is 0 Å². The van der Waals surface area contributed by atoms with Crippen LogP contribution in [0.25, 0.3) is 10.8 Å². The van der Waals surface area contributed by atoms with Gasteiger partial charge in [-0.25, -0.2) is 9.59 Å². The monoisotopic (exact) mass is 496 g/mol. The maximum Gasteiger partial charge on any atom is 0.408 e. The van der Waals surface area contributed by atoms with Gasteiger partial charge < -0.3 is 20.5 Å². The van der Waals surface area contributed by atoms with Gasteiger partial charge in [-0.3, -0.25) is 4.79 Å². The van der Waals surface area contributed by atoms with E-state index in [9.17, 15) is 19.5 Å². The Labute approximate surface area is 215 Å². The zero-order valence-corrected chi connectivity index (χ0v) is 20.2. The number of carbonyl (C=O) groups excluding carboxylic acids is 2. The number of amides is 2. The zero-order valence-electron chi connectivity index (χ0n) is 20.2. The Morgan fingerprint density at radius 2 is 1.30 bits per heavy atom. The molecule has 2 atom stereocenters. The summed E-state index contributed by atoms with van der Waals surface area (Å²) in [5.74, 6) is -1.76. The van der Waals surface area contributed by atoms with Gasteiger partial charge in [-0.2, -0.15) is 0 Å². The lowest BCUT2D eigenvalue weighted by Crippen LogP contribution is -2.53. The molecule has 0 aromatic heterocycles. The molecule has 0 heterocycles. The van der Waals surface area contributed by atoms with Crippen molar-refractivity contribution < 1.29 is 24.2 Å². The Hall–Kier alpha value is -4.65. The summed E-state index contributed by atoms with van der Waals surface area (Å²) in [4.78, 5) is 37.9. The molecule has 188 valence electrons. The van der Waals surface area contributed by atoms with Crippen molar-refractivity contribution in [2.45, 2.75) is 31.5 Å². The Morgan fingerprint density at radius 1 is 0.676 bits per heavy atom. The van der Waals surface area contributed by atoms with E-state index in [1.807, 2.05) is 103 Å². The Morgan fingerprint density at radius 3 is 2.00 bits per heavy atom. The van der Waals surface area contributed by atoms with Gasteiger partial charge in [-0.1, -0.05) is 103 Å². The van der Waals surface area contributed by atoms with Crippen LogP contribution in [-0.2, 0) is 33.8 Å². The predicted molar refractivity (Wildman–Crippen MR) is 141 cm³/mol. The van der Waals surface area contributed by atoms with Crippen LogP contribution < -0.4 is 10.6 Å². The molecule has 4 aromatic carbocycles. The average Bonchev–Trinajstić information content (AvgIpc) is 2.92. The van der Waals surface area contributed by atoms with Crippen LogP contribution in [0.2, 0.25) is 0 Å². The first-order valence-corrected chi connectivity index (χ1v) is 12.0. The molecule has 37 heavy (non-hydrogen) atoms. The maximum atomic E-state index is 13.3. The molecule has 7 nitrogen and oxygen atoms in total. The van der Waals surface area contributed by atoms with E-state index in [0.29, 0.717) is 0 Å². The second-order valence-corrected chi connectivity index (χ2v) is 8.69. The van der Waals surface area contributed by atoms with Crippen LogP contribution >= 0.6 is 0 Å². The fraction of sp³-hybridized carbons (Fsp3) is 0.167. The predicted octanol–water partition coefficient (Wildman–Crippen LogP) is 4.49. The first kappa shape index (κ1) is 25.4. The van der Waals surface area contributed by atoms with Crippen molar-refractivity contribution in [3.8, 4) is 0 Å². The number of rotatable bonds is 10. The summed E-state index contributed by atoms with van der Waals surface area (Å²) in [6, 6.07) is 29.5. The van der Waals surface area contributed by atoms with Crippen LogP contribution in [0.4, 0.5) is 4.79 Å². The highest BCUT2D eigenvalue weighted by molar-refractivity contribution is 5.90. The van der Waals surface area contributed by atoms with Gasteiger partial charge in [0.15, 0.2) is 0 Å². The normalized spacial score (nSPS) is 12.3. The first-order chi connectivity index (χ1) is 18.0. The average molecular weight is 497 g/mol. The van der Waals surface area contributed by atoms with Crippen molar-refractivity contribution in [1.29, 1.82) is 0 Å². The van der Waals surface area contributed by atoms with Crippen molar-refractivity contribution in [2.75, 3.05) is 0 Å². The molecule has 7 heteroatoms. The lowest BCUT2D eigenvalue weighted by atomic mass is 9.98. The van der Waals surface area contributed by atoms with Crippen molar-refractivity contribution >= 4 is 28.7 Å². The van der Waals surface area contributed by atoms with E-state index in [0.717, 1.165) is 27.5 Å². The summed E-state index contributed by atoms with van der Waals surface area (Å²) >= 11 is 0. The number of aliphatic carboxylic acids is 1. The SMILES string of the molecule is O=C(N[C@@H](Cc1ccccc1)C(=O)N[C@@H](Cc1cccc2ccccc12)C(=O)O)OCc1ccccc1. The van der Waals surface area contributed by atoms with Crippen molar-refractivity contribution in [2.24, 2.45) is 0 Å². The van der Waals surface area contributed by atoms with Crippen LogP contribution in [0.1, 0.15) is 16.7 Å². The molecular formula is C30H28N2O5. The molecular weight excluding hydrogens is 468 g/mol. The molecule has 0 fully saturated rings. The molecule has 0 aliphatic carbocycles. The molecule has 4 rings (SSSR count). The van der Waals surface area contributed by atoms with Crippen molar-refractivity contribution in [3.05, 3.63) is 120 Å². The number of ether oxygens (including phenoxy) is 1. The smallest absolute Gasteiger partial charge is 0.408 e. The topological polar surface area (TPSA) is 105 Å². The van der Waals surface area contributed by atoms with Crippen LogP contribution in [0.5, 0.6) is 0 Å². The number of alkyl carbamates (subject to hydrolysis) is 1. The molecule has 0 bridgehead atoms. The van der Waals surface area contributed by atoms with E-state index in [4.69, 9.17) is 4.74 Å². The largest absolute Gasteiger partial charge is 0.480 e. The molecule has 0 spiro atoms. The first-order valence-electron chi connectivity index (χ1n) is 12.0. The lowest BCUT2D eigenvalue weighted by Gasteiger charge is -2.22. The third kappa shape index (κ3) is 7.18. The number of carboxylic acids is 1. The molecule has 0 saturated carbocycles. The molecule has 4 aromatic rings. The summed E-state index contributed by atoms with van der Waals surface area (Å²) in [6.07, 6.45) is -0.493. The number of carboxylic acid groups (broad SMARTS) is 1. The number of hydrogen-bond donors (Lipinski definition) is 3. The third-order valence-electron chi connectivity index (χ3n) is 6.02. The van der Waals surface area contributed by atoms with Crippen LogP contribution in [0.3, 0.4) is 0 Å². The van der Waals surface area contributed by atoms with E-state index in [1.54, 1.807) is 0 Å². The summed E-state index contributed by atoms with van der Waals surface area (Å²) in [5.41, 5.74) is 2.43. The third-order valence-corrected chi connectivity index (χ3v) is 6.02. The molecule has 0 aliphatic heterocycles. The Kier molecular flexibility index (Phi) is 8.49. The highest BCUT2D eigenvalue weighted by Gasteiger charge is 2.28. The van der Waals surface area contributed by atoms with E-state index in [2.05, 4.69) is 10.6 Å². The second-order valence-electron chi connectivity index (χ2n) is 8.69. The van der Waals surface area contributed by atoms with E-state index < -0.39 is 30.1 Å². The van der Waals surface area contributed by atoms with E-state index in [-0.39, 0.29) is 19.4 Å². The maximum absolute atomic E-state index is 13.3. The van der Waals surface area contributed by atoms with Gasteiger partial charge in [0.25, 0.3) is 0 Å². The minimum atomic E-state index is -1.18. The summed E-state index contributed by atoms with van der Waals surface area (Å²) in [6.45, 7) is 0.0468. The van der Waals surface area contributed by atoms with Crippen molar-refractivity contribution in [3.63, 3.8) is 0 Å². The van der Waals surface area contributed by atoms with Gasteiger partial charge in [0.05, 0.1) is 0 Å². The lowest BCUT2D eigenvalue weighted by molar-refractivity contribution is -0.142. The quantitative estimate of drug-likeness (QED) is 0.300. The van der Waals surface area contributed by atoms with Gasteiger partial charge in [0.1, 0.15) is 18.7 Å². The van der Waals surface area contributed by atoms with E-state index in [1.165, 1.54) is 0 Å². The Balaban J connectivity index is 1.48. The molecule has 0 radical (unpaired) electrons. The number of fused-ring (bicyclic) bond motifs is 1. The number of carbonyl (C=O) groups is 3. The van der Waals surface area contributed by atoms with Gasteiger partial charge in [0, 0.05) is 12.8 Å². The fourth-order valence-corrected chi connectivity index (χ4v) is 4.13. The number of nitrogens with one attached hydrogen (secondary N) is 2. The second kappa shape index (κ2) is 12.4. The summed E-state index contributed by atoms with van der Waals surface area (Å²) in [7, 11) is 0. The summed E-state index contributed by atoms with van der Waals surface area (Å²) in [5, 5.41) is 17.0. The molecule has 3 N–H and O–H groups in total. The van der Waals surface area contributed by atoms with Crippen LogP contribution in [0.15, 0.2) is 103 Å². The van der Waals surface area contributed by atoms with Gasteiger partial charge >= 0.3 is 12.1 Å². The minimum Gasteiger partial charge on any atom is -0.480 e. The highest BCUT2D eigenvalue weighted by atomic mass is 16.5. The Bertz CT molecular complexity index is 1350. The molecule has 0 unspecified atom stereocenters. The molecule has 0 aliphatic rings. The zero-order chi connectivity index (χ0) is 26.0. The summed E-state index contributed by atoms with van der Waals surface area (Å²) < 4.78 is 5.30. The molecule has 2 amide bonds. The number of benzene rings is 4. The van der Waals surface area contributed by atoms with Crippen molar-refractivity contribution in [1.82, 2.24) is 10.6 Å². The number of hydrogen-bond acceptors (Lipinski definition) is 4. The van der Waals surface area contributed by atoms with Crippen LogP contribution in [-0.4, -0.2) is 35.2 Å². The highest BCUT2D eigenvalue weighted by Crippen LogP contribution is 2.20. The standard InChI is InChI=1S/C30H28N2O5/c33-28(31-27(29(34)35)19-24-16-9-15-23-14-7-8-17-25(23)24)26(18-21-10-3-1-4-11-21)32-30(36)37-20-22-12-5-2-6-13-22/h1-17,26-27H,18-20H2,(H,31,33)(H,32,36)(H,34,35)/t26-,27-/m0/s1. The van der Waals surface area contributed by atoms with Gasteiger partial charge in [0.2, 0.25) is 5.91 Å². The molecule has 0 saturated heterocycles. The van der Waals surface area contributed by atoms with Gasteiger partial charge in [-0.05, 0) is 27.5 Å². The van der Waals surface area contributed by atoms with Crippen LogP contribution in [0, 0.1) is 0 Å².